The van der Waals surface area contributed by atoms with Crippen LogP contribution in [0, 0.1) is 13.8 Å². The second-order valence-electron chi connectivity index (χ2n) is 7.18. The smallest absolute Gasteiger partial charge is 0.204 e. The van der Waals surface area contributed by atoms with E-state index in [1.165, 1.54) is 11.1 Å². The van der Waals surface area contributed by atoms with E-state index in [0.29, 0.717) is 0 Å². The molecular formula is C25H22BrN3S. The summed E-state index contributed by atoms with van der Waals surface area (Å²) < 4.78 is 1.05. The number of halogens is 1. The summed E-state index contributed by atoms with van der Waals surface area (Å²) in [7, 11) is 0. The first kappa shape index (κ1) is 20.5. The highest BCUT2D eigenvalue weighted by Crippen LogP contribution is 2.39. The molecule has 1 N–H and O–H groups in total. The second kappa shape index (κ2) is 8.94. The van der Waals surface area contributed by atoms with Gasteiger partial charge in [0, 0.05) is 10.0 Å². The lowest BCUT2D eigenvalue weighted by molar-refractivity contribution is 1.26. The van der Waals surface area contributed by atoms with Crippen LogP contribution in [0.1, 0.15) is 23.6 Å². The van der Waals surface area contributed by atoms with Gasteiger partial charge in [-0.1, -0.05) is 81.9 Å². The topological polar surface area (TPSA) is 37.3 Å². The first-order chi connectivity index (χ1) is 14.5. The third-order valence-corrected chi connectivity index (χ3v) is 6.56. The fraction of sp³-hybridized carbons (Fsp3) is 0.120. The van der Waals surface area contributed by atoms with Crippen LogP contribution >= 0.6 is 27.3 Å². The van der Waals surface area contributed by atoms with Gasteiger partial charge in [-0.25, -0.2) is 4.98 Å². The first-order valence-electron chi connectivity index (χ1n) is 9.71. The van der Waals surface area contributed by atoms with Crippen molar-refractivity contribution in [3.8, 4) is 21.7 Å². The zero-order chi connectivity index (χ0) is 21.1. The standard InChI is InChI=1S/C25H22BrN3S/c1-16-9-10-21(15-17(16)2)23-24(20-7-5-4-6-8-20)30-25(27-23)29-28-18(3)19-11-13-22(26)14-12-19/h4-15H,1-3H3,(H,27,29)/b28-18-. The fourth-order valence-electron chi connectivity index (χ4n) is 3.12. The van der Waals surface area contributed by atoms with Crippen molar-refractivity contribution in [2.45, 2.75) is 20.8 Å². The van der Waals surface area contributed by atoms with Crippen LogP contribution in [-0.4, -0.2) is 10.7 Å². The molecule has 0 aliphatic carbocycles. The molecule has 0 atom stereocenters. The Morgan fingerprint density at radius 1 is 0.900 bits per heavy atom. The van der Waals surface area contributed by atoms with Crippen LogP contribution in [0.3, 0.4) is 0 Å². The van der Waals surface area contributed by atoms with Crippen LogP contribution in [0.5, 0.6) is 0 Å². The Morgan fingerprint density at radius 3 is 2.33 bits per heavy atom. The average Bonchev–Trinajstić information content (AvgIpc) is 3.19. The number of anilines is 1. The number of nitrogens with one attached hydrogen (secondary N) is 1. The summed E-state index contributed by atoms with van der Waals surface area (Å²) in [5.74, 6) is 0. The lowest BCUT2D eigenvalue weighted by Gasteiger charge is -2.05. The third-order valence-electron chi connectivity index (χ3n) is 5.02. The predicted octanol–water partition coefficient (Wildman–Crippen LogP) is 7.69. The molecule has 0 fully saturated rings. The molecule has 0 spiro atoms. The maximum Gasteiger partial charge on any atom is 0.204 e. The molecule has 0 saturated carbocycles. The average molecular weight is 476 g/mol. The van der Waals surface area contributed by atoms with Gasteiger partial charge in [-0.05, 0) is 61.2 Å². The van der Waals surface area contributed by atoms with Crippen LogP contribution in [-0.2, 0) is 0 Å². The lowest BCUT2D eigenvalue weighted by Crippen LogP contribution is -1.99. The quantitative estimate of drug-likeness (QED) is 0.237. The Labute approximate surface area is 189 Å². The molecule has 0 saturated heterocycles. The van der Waals surface area contributed by atoms with Gasteiger partial charge >= 0.3 is 0 Å². The summed E-state index contributed by atoms with van der Waals surface area (Å²) in [5, 5.41) is 5.34. The van der Waals surface area contributed by atoms with Crippen LogP contribution in [0.25, 0.3) is 21.7 Å². The number of benzene rings is 3. The number of rotatable bonds is 5. The van der Waals surface area contributed by atoms with E-state index in [1.54, 1.807) is 11.3 Å². The van der Waals surface area contributed by atoms with E-state index < -0.39 is 0 Å². The summed E-state index contributed by atoms with van der Waals surface area (Å²) in [6.45, 7) is 6.26. The number of aryl methyl sites for hydroxylation is 2. The molecule has 0 radical (unpaired) electrons. The first-order valence-corrected chi connectivity index (χ1v) is 11.3. The van der Waals surface area contributed by atoms with Crippen molar-refractivity contribution in [1.29, 1.82) is 0 Å². The predicted molar refractivity (Wildman–Crippen MR) is 132 cm³/mol. The van der Waals surface area contributed by atoms with Gasteiger partial charge in [0.2, 0.25) is 5.13 Å². The third kappa shape index (κ3) is 4.53. The summed E-state index contributed by atoms with van der Waals surface area (Å²) in [5.41, 5.74) is 10.9. The number of hydrazone groups is 1. The van der Waals surface area contributed by atoms with Crippen molar-refractivity contribution in [3.63, 3.8) is 0 Å². The maximum absolute atomic E-state index is 4.90. The minimum Gasteiger partial charge on any atom is -0.252 e. The zero-order valence-electron chi connectivity index (χ0n) is 17.1. The normalized spacial score (nSPS) is 11.5. The van der Waals surface area contributed by atoms with E-state index in [9.17, 15) is 0 Å². The lowest BCUT2D eigenvalue weighted by atomic mass is 10.0. The molecule has 0 aliphatic rings. The Bertz CT molecular complexity index is 1200. The molecule has 30 heavy (non-hydrogen) atoms. The molecule has 4 rings (SSSR count). The second-order valence-corrected chi connectivity index (χ2v) is 9.09. The molecule has 3 aromatic carbocycles. The highest BCUT2D eigenvalue weighted by atomic mass is 79.9. The van der Waals surface area contributed by atoms with E-state index in [1.807, 2.05) is 37.3 Å². The number of nitrogens with zero attached hydrogens (tertiary/aromatic N) is 2. The molecule has 0 bridgehead atoms. The minimum atomic E-state index is 0.776. The molecular weight excluding hydrogens is 454 g/mol. The Balaban J connectivity index is 1.71. The van der Waals surface area contributed by atoms with Crippen LogP contribution < -0.4 is 5.43 Å². The maximum atomic E-state index is 4.90. The Hall–Kier alpha value is -2.76. The van der Waals surface area contributed by atoms with Crippen molar-refractivity contribution < 1.29 is 0 Å². The molecule has 1 heterocycles. The fourth-order valence-corrected chi connectivity index (χ4v) is 4.32. The van der Waals surface area contributed by atoms with Crippen LogP contribution in [0.4, 0.5) is 5.13 Å². The summed E-state index contributed by atoms with van der Waals surface area (Å²) in [4.78, 5) is 6.04. The van der Waals surface area contributed by atoms with Crippen molar-refractivity contribution in [3.05, 3.63) is 94.0 Å². The largest absolute Gasteiger partial charge is 0.252 e. The Kier molecular flexibility index (Phi) is 6.11. The summed E-state index contributed by atoms with van der Waals surface area (Å²) in [6, 6.07) is 25.0. The van der Waals surface area contributed by atoms with Gasteiger partial charge in [0.1, 0.15) is 0 Å². The van der Waals surface area contributed by atoms with Gasteiger partial charge in [-0.3, -0.25) is 5.43 Å². The summed E-state index contributed by atoms with van der Waals surface area (Å²) in [6.07, 6.45) is 0. The van der Waals surface area contributed by atoms with Gasteiger partial charge in [0.05, 0.1) is 16.3 Å². The van der Waals surface area contributed by atoms with Crippen molar-refractivity contribution in [2.75, 3.05) is 5.43 Å². The highest BCUT2D eigenvalue weighted by Gasteiger charge is 2.15. The monoisotopic (exact) mass is 475 g/mol. The number of hydrogen-bond donors (Lipinski definition) is 1. The highest BCUT2D eigenvalue weighted by molar-refractivity contribution is 9.10. The van der Waals surface area contributed by atoms with E-state index in [0.717, 1.165) is 42.6 Å². The number of aromatic nitrogens is 1. The van der Waals surface area contributed by atoms with Gasteiger partial charge in [0.15, 0.2) is 0 Å². The molecule has 4 aromatic rings. The van der Waals surface area contributed by atoms with E-state index >= 15 is 0 Å². The van der Waals surface area contributed by atoms with Crippen molar-refractivity contribution in [2.24, 2.45) is 5.10 Å². The molecule has 0 aliphatic heterocycles. The number of hydrogen-bond acceptors (Lipinski definition) is 4. The van der Waals surface area contributed by atoms with Gasteiger partial charge in [-0.15, -0.1) is 0 Å². The molecule has 3 nitrogen and oxygen atoms in total. The van der Waals surface area contributed by atoms with E-state index in [-0.39, 0.29) is 0 Å². The van der Waals surface area contributed by atoms with Gasteiger partial charge < -0.3 is 0 Å². The number of thiazole rings is 1. The minimum absolute atomic E-state index is 0.776. The zero-order valence-corrected chi connectivity index (χ0v) is 19.5. The van der Waals surface area contributed by atoms with E-state index in [4.69, 9.17) is 4.98 Å². The van der Waals surface area contributed by atoms with Gasteiger partial charge in [-0.2, -0.15) is 5.10 Å². The van der Waals surface area contributed by atoms with Crippen molar-refractivity contribution >= 4 is 38.1 Å². The summed E-state index contributed by atoms with van der Waals surface area (Å²) >= 11 is 5.09. The van der Waals surface area contributed by atoms with E-state index in [2.05, 4.69) is 82.8 Å². The molecule has 1 aromatic heterocycles. The SMILES string of the molecule is C/C(=N/Nc1nc(-c2ccc(C)c(C)c2)c(-c2ccccc2)s1)c1ccc(Br)cc1. The Morgan fingerprint density at radius 2 is 1.63 bits per heavy atom. The molecule has 5 heteroatoms. The van der Waals surface area contributed by atoms with Crippen molar-refractivity contribution in [1.82, 2.24) is 4.98 Å². The molecule has 0 amide bonds. The molecule has 150 valence electrons. The van der Waals surface area contributed by atoms with Gasteiger partial charge in [0.25, 0.3) is 0 Å². The molecule has 0 unspecified atom stereocenters. The van der Waals surface area contributed by atoms with Crippen LogP contribution in [0.15, 0.2) is 82.4 Å². The van der Waals surface area contributed by atoms with Crippen LogP contribution in [0.2, 0.25) is 0 Å².